The highest BCUT2D eigenvalue weighted by Crippen LogP contribution is 2.34. The summed E-state index contributed by atoms with van der Waals surface area (Å²) in [5.41, 5.74) is 3.83. The van der Waals surface area contributed by atoms with Gasteiger partial charge in [0.15, 0.2) is 0 Å². The molecule has 0 aromatic carbocycles. The summed E-state index contributed by atoms with van der Waals surface area (Å²) in [5, 5.41) is 8.50. The van der Waals surface area contributed by atoms with Crippen LogP contribution in [0.3, 0.4) is 0 Å². The number of hydrogen-bond acceptors (Lipinski definition) is 3. The largest absolute Gasteiger partial charge is 0.301 e. The van der Waals surface area contributed by atoms with Crippen LogP contribution in [0.5, 0.6) is 0 Å². The van der Waals surface area contributed by atoms with Gasteiger partial charge in [0.1, 0.15) is 0 Å². The second-order valence-electron chi connectivity index (χ2n) is 4.43. The molecular formula is C11H19N3S. The van der Waals surface area contributed by atoms with Crippen molar-refractivity contribution in [3.63, 3.8) is 0 Å². The van der Waals surface area contributed by atoms with Gasteiger partial charge in [-0.1, -0.05) is 6.92 Å². The van der Waals surface area contributed by atoms with Crippen molar-refractivity contribution in [2.24, 2.45) is 13.0 Å². The third-order valence-corrected chi connectivity index (χ3v) is 4.52. The number of hydrogen-bond donors (Lipinski definition) is 1. The Morgan fingerprint density at radius 3 is 2.67 bits per heavy atom. The number of aryl methyl sites for hydroxylation is 2. The van der Waals surface area contributed by atoms with Crippen LogP contribution in [-0.2, 0) is 7.05 Å². The smallest absolute Gasteiger partial charge is 0.0825 e. The van der Waals surface area contributed by atoms with E-state index in [1.807, 2.05) is 23.5 Å². The van der Waals surface area contributed by atoms with E-state index in [1.165, 1.54) is 17.0 Å². The molecule has 0 saturated carbocycles. The van der Waals surface area contributed by atoms with Crippen molar-refractivity contribution in [1.29, 1.82) is 0 Å². The van der Waals surface area contributed by atoms with E-state index < -0.39 is 0 Å². The lowest BCUT2D eigenvalue weighted by Gasteiger charge is -2.27. The van der Waals surface area contributed by atoms with Crippen molar-refractivity contribution < 1.29 is 0 Å². The summed E-state index contributed by atoms with van der Waals surface area (Å²) in [6.45, 7) is 7.66. The van der Waals surface area contributed by atoms with Crippen molar-refractivity contribution in [2.45, 2.75) is 26.1 Å². The average Bonchev–Trinajstić information content (AvgIpc) is 2.44. The number of nitrogens with one attached hydrogen (secondary N) is 1. The van der Waals surface area contributed by atoms with Crippen molar-refractivity contribution in [2.75, 3.05) is 12.3 Å². The van der Waals surface area contributed by atoms with E-state index in [1.54, 1.807) is 0 Å². The zero-order chi connectivity index (χ0) is 11.0. The molecule has 1 N–H and O–H groups in total. The maximum Gasteiger partial charge on any atom is 0.0825 e. The van der Waals surface area contributed by atoms with Gasteiger partial charge in [0.2, 0.25) is 0 Å². The van der Waals surface area contributed by atoms with E-state index in [2.05, 4.69) is 31.2 Å². The molecule has 0 aliphatic carbocycles. The molecule has 2 rings (SSSR count). The molecular weight excluding hydrogens is 206 g/mol. The highest BCUT2D eigenvalue weighted by atomic mass is 32.2. The van der Waals surface area contributed by atoms with E-state index in [0.717, 1.165) is 18.2 Å². The molecule has 0 bridgehead atoms. The van der Waals surface area contributed by atoms with E-state index in [4.69, 9.17) is 0 Å². The number of nitrogens with zero attached hydrogens (tertiary/aromatic N) is 2. The molecule has 1 aliphatic heterocycles. The Hall–Kier alpha value is -0.480. The van der Waals surface area contributed by atoms with Gasteiger partial charge in [-0.25, -0.2) is 0 Å². The van der Waals surface area contributed by atoms with Crippen molar-refractivity contribution >= 4 is 11.8 Å². The van der Waals surface area contributed by atoms with E-state index in [-0.39, 0.29) is 0 Å². The molecule has 0 radical (unpaired) electrons. The van der Waals surface area contributed by atoms with Gasteiger partial charge in [0.05, 0.1) is 11.1 Å². The fourth-order valence-electron chi connectivity index (χ4n) is 2.04. The fraction of sp³-hybridized carbons (Fsp3) is 0.727. The quantitative estimate of drug-likeness (QED) is 0.793. The van der Waals surface area contributed by atoms with Gasteiger partial charge in [-0.3, -0.25) is 4.68 Å². The number of aromatic nitrogens is 2. The van der Waals surface area contributed by atoms with Crippen LogP contribution in [0.4, 0.5) is 0 Å². The fourth-order valence-corrected chi connectivity index (χ4v) is 3.40. The summed E-state index contributed by atoms with van der Waals surface area (Å²) >= 11 is 2.00. The summed E-state index contributed by atoms with van der Waals surface area (Å²) < 4.78 is 1.98. The minimum atomic E-state index is 0.440. The Morgan fingerprint density at radius 1 is 1.47 bits per heavy atom. The zero-order valence-corrected chi connectivity index (χ0v) is 10.7. The third kappa shape index (κ3) is 2.06. The molecule has 0 spiro atoms. The molecule has 3 nitrogen and oxygen atoms in total. The maximum absolute atomic E-state index is 4.47. The Morgan fingerprint density at radius 2 is 2.20 bits per heavy atom. The van der Waals surface area contributed by atoms with Gasteiger partial charge >= 0.3 is 0 Å². The summed E-state index contributed by atoms with van der Waals surface area (Å²) in [6, 6.07) is 0. The van der Waals surface area contributed by atoms with Gasteiger partial charge in [0.25, 0.3) is 0 Å². The molecule has 2 unspecified atom stereocenters. The monoisotopic (exact) mass is 225 g/mol. The maximum atomic E-state index is 4.47. The second-order valence-corrected chi connectivity index (χ2v) is 5.57. The third-order valence-electron chi connectivity index (χ3n) is 3.03. The normalized spacial score (nSPS) is 26.9. The van der Waals surface area contributed by atoms with Crippen molar-refractivity contribution in [3.8, 4) is 0 Å². The van der Waals surface area contributed by atoms with E-state index in [0.29, 0.717) is 5.37 Å². The highest BCUT2D eigenvalue weighted by Gasteiger charge is 2.24. The van der Waals surface area contributed by atoms with Crippen LogP contribution in [0.1, 0.15) is 29.2 Å². The first-order valence-electron chi connectivity index (χ1n) is 5.44. The van der Waals surface area contributed by atoms with Crippen LogP contribution in [0.15, 0.2) is 0 Å². The first kappa shape index (κ1) is 11.0. The zero-order valence-electron chi connectivity index (χ0n) is 9.87. The molecule has 15 heavy (non-hydrogen) atoms. The Labute approximate surface area is 95.6 Å². The van der Waals surface area contributed by atoms with Gasteiger partial charge in [-0.2, -0.15) is 5.10 Å². The lowest BCUT2D eigenvalue weighted by atomic mass is 10.1. The number of rotatable bonds is 1. The van der Waals surface area contributed by atoms with Gasteiger partial charge in [0, 0.05) is 18.3 Å². The molecule has 1 saturated heterocycles. The second kappa shape index (κ2) is 4.18. The minimum absolute atomic E-state index is 0.440. The van der Waals surface area contributed by atoms with Crippen molar-refractivity contribution in [1.82, 2.24) is 15.1 Å². The van der Waals surface area contributed by atoms with Crippen LogP contribution < -0.4 is 5.32 Å². The molecule has 4 heteroatoms. The average molecular weight is 225 g/mol. The van der Waals surface area contributed by atoms with Crippen LogP contribution in [-0.4, -0.2) is 22.1 Å². The lowest BCUT2D eigenvalue weighted by Crippen LogP contribution is -2.31. The molecule has 2 heterocycles. The number of thioether (sulfide) groups is 1. The first-order chi connectivity index (χ1) is 7.09. The molecule has 2 atom stereocenters. The molecule has 84 valence electrons. The lowest BCUT2D eigenvalue weighted by molar-refractivity contribution is 0.527. The topological polar surface area (TPSA) is 29.9 Å². The van der Waals surface area contributed by atoms with Crippen LogP contribution in [0, 0.1) is 19.8 Å². The van der Waals surface area contributed by atoms with Crippen LogP contribution in [0.25, 0.3) is 0 Å². The van der Waals surface area contributed by atoms with E-state index >= 15 is 0 Å². The Balaban J connectivity index is 2.22. The standard InChI is InChI=1S/C11H19N3S/c1-7-5-12-11(15-6-7)10-8(2)13-14(4)9(10)3/h7,11-12H,5-6H2,1-4H3. The molecule has 1 aromatic heterocycles. The summed E-state index contributed by atoms with van der Waals surface area (Å²) in [5.74, 6) is 2.02. The molecule has 0 amide bonds. The van der Waals surface area contributed by atoms with Gasteiger partial charge in [-0.05, 0) is 32.1 Å². The predicted molar refractivity (Wildman–Crippen MR) is 65.0 cm³/mol. The first-order valence-corrected chi connectivity index (χ1v) is 6.49. The molecule has 1 aliphatic rings. The highest BCUT2D eigenvalue weighted by molar-refractivity contribution is 7.99. The molecule has 1 fully saturated rings. The van der Waals surface area contributed by atoms with Gasteiger partial charge in [-0.15, -0.1) is 11.8 Å². The van der Waals surface area contributed by atoms with Crippen LogP contribution >= 0.6 is 11.8 Å². The summed E-state index contributed by atoms with van der Waals surface area (Å²) in [7, 11) is 2.02. The summed E-state index contributed by atoms with van der Waals surface area (Å²) in [6.07, 6.45) is 0. The van der Waals surface area contributed by atoms with Crippen LogP contribution in [0.2, 0.25) is 0 Å². The van der Waals surface area contributed by atoms with Gasteiger partial charge < -0.3 is 5.32 Å². The minimum Gasteiger partial charge on any atom is -0.301 e. The Kier molecular flexibility index (Phi) is 3.07. The molecule has 1 aromatic rings. The SMILES string of the molecule is Cc1nn(C)c(C)c1C1NCC(C)CS1. The predicted octanol–water partition coefficient (Wildman–Crippen LogP) is 2.01. The van der Waals surface area contributed by atoms with E-state index in [9.17, 15) is 0 Å². The van der Waals surface area contributed by atoms with Crippen molar-refractivity contribution in [3.05, 3.63) is 17.0 Å². The Bertz CT molecular complexity index is 351. The summed E-state index contributed by atoms with van der Waals surface area (Å²) in [4.78, 5) is 0.